The van der Waals surface area contributed by atoms with Gasteiger partial charge in [-0.25, -0.2) is 9.97 Å². The van der Waals surface area contributed by atoms with E-state index in [1.165, 1.54) is 6.33 Å². The van der Waals surface area contributed by atoms with Gasteiger partial charge in [0.2, 0.25) is 5.88 Å². The Labute approximate surface area is 80.3 Å². The third-order valence-electron chi connectivity index (χ3n) is 1.40. The topological polar surface area (TPSA) is 35.0 Å². The highest BCUT2D eigenvalue weighted by Crippen LogP contribution is 2.10. The Kier molecular flexibility index (Phi) is 3.47. The molecule has 0 aliphatic rings. The van der Waals surface area contributed by atoms with E-state index in [4.69, 9.17) is 4.74 Å². The summed E-state index contributed by atoms with van der Waals surface area (Å²) in [6.07, 6.45) is 2.41. The molecule has 1 heterocycles. The van der Waals surface area contributed by atoms with E-state index in [0.717, 1.165) is 12.1 Å². The van der Waals surface area contributed by atoms with Gasteiger partial charge in [-0.05, 0) is 0 Å². The third-order valence-corrected chi connectivity index (χ3v) is 1.72. The Hall–Kier alpha value is -0.640. The summed E-state index contributed by atoms with van der Waals surface area (Å²) in [5.41, 5.74) is 0.992. The highest BCUT2D eigenvalue weighted by molar-refractivity contribution is 9.09. The van der Waals surface area contributed by atoms with Crippen molar-refractivity contribution in [3.05, 3.63) is 18.1 Å². The normalized spacial score (nSPS) is 12.6. The van der Waals surface area contributed by atoms with Crippen LogP contribution in [0.1, 0.15) is 12.6 Å². The summed E-state index contributed by atoms with van der Waals surface area (Å²) in [4.78, 5) is 8.45. The van der Waals surface area contributed by atoms with Crippen molar-refractivity contribution >= 4 is 15.9 Å². The van der Waals surface area contributed by atoms with Crippen molar-refractivity contribution in [2.45, 2.75) is 18.2 Å². The molecule has 0 N–H and O–H groups in total. The molecule has 1 unspecified atom stereocenters. The predicted octanol–water partition coefficient (Wildman–Crippen LogP) is 1.81. The lowest BCUT2D eigenvalue weighted by Crippen LogP contribution is -2.00. The second kappa shape index (κ2) is 4.40. The molecule has 4 heteroatoms. The van der Waals surface area contributed by atoms with Gasteiger partial charge in [-0.2, -0.15) is 0 Å². The van der Waals surface area contributed by atoms with Crippen LogP contribution in [0.5, 0.6) is 5.88 Å². The number of hydrogen-bond donors (Lipinski definition) is 0. The van der Waals surface area contributed by atoms with Crippen LogP contribution in [0.25, 0.3) is 0 Å². The summed E-state index contributed by atoms with van der Waals surface area (Å²) in [7, 11) is 1.60. The molecule has 0 amide bonds. The van der Waals surface area contributed by atoms with Crippen LogP contribution in [-0.2, 0) is 6.42 Å². The first-order chi connectivity index (χ1) is 5.72. The SMILES string of the molecule is COc1cc(CC(C)Br)ncn1. The van der Waals surface area contributed by atoms with Crippen LogP contribution in [-0.4, -0.2) is 21.9 Å². The van der Waals surface area contributed by atoms with Crippen molar-refractivity contribution in [2.24, 2.45) is 0 Å². The van der Waals surface area contributed by atoms with E-state index in [1.54, 1.807) is 7.11 Å². The van der Waals surface area contributed by atoms with Gasteiger partial charge >= 0.3 is 0 Å². The molecule has 66 valence electrons. The van der Waals surface area contributed by atoms with Crippen molar-refractivity contribution in [2.75, 3.05) is 7.11 Å². The van der Waals surface area contributed by atoms with Crippen molar-refractivity contribution in [1.29, 1.82) is 0 Å². The van der Waals surface area contributed by atoms with Gasteiger partial charge in [0, 0.05) is 23.0 Å². The maximum absolute atomic E-state index is 4.97. The Morgan fingerprint density at radius 3 is 2.92 bits per heavy atom. The van der Waals surface area contributed by atoms with Gasteiger partial charge in [0.15, 0.2) is 0 Å². The van der Waals surface area contributed by atoms with Crippen LogP contribution >= 0.6 is 15.9 Å². The molecule has 0 saturated heterocycles. The lowest BCUT2D eigenvalue weighted by Gasteiger charge is -2.03. The molecule has 1 aromatic rings. The minimum Gasteiger partial charge on any atom is -0.481 e. The molecule has 12 heavy (non-hydrogen) atoms. The van der Waals surface area contributed by atoms with Crippen molar-refractivity contribution in [3.63, 3.8) is 0 Å². The van der Waals surface area contributed by atoms with Crippen molar-refractivity contribution in [1.82, 2.24) is 9.97 Å². The number of ether oxygens (including phenoxy) is 1. The lowest BCUT2D eigenvalue weighted by atomic mass is 10.2. The first kappa shape index (κ1) is 9.45. The highest BCUT2D eigenvalue weighted by atomic mass is 79.9. The van der Waals surface area contributed by atoms with Gasteiger partial charge in [-0.1, -0.05) is 22.9 Å². The molecule has 1 rings (SSSR count). The molecule has 1 atom stereocenters. The van der Waals surface area contributed by atoms with Crippen LogP contribution in [0.3, 0.4) is 0 Å². The second-order valence-corrected chi connectivity index (χ2v) is 4.10. The largest absolute Gasteiger partial charge is 0.481 e. The fourth-order valence-electron chi connectivity index (χ4n) is 0.888. The van der Waals surface area contributed by atoms with E-state index in [0.29, 0.717) is 10.7 Å². The minimum absolute atomic E-state index is 0.428. The first-order valence-corrected chi connectivity index (χ1v) is 4.63. The molecule has 0 fully saturated rings. The van der Waals surface area contributed by atoms with Gasteiger partial charge in [0.25, 0.3) is 0 Å². The van der Waals surface area contributed by atoms with Crippen LogP contribution in [0.15, 0.2) is 12.4 Å². The van der Waals surface area contributed by atoms with Crippen molar-refractivity contribution in [3.8, 4) is 5.88 Å². The molecule has 3 nitrogen and oxygen atoms in total. The number of rotatable bonds is 3. The molecule has 0 bridgehead atoms. The molecule has 0 aromatic carbocycles. The lowest BCUT2D eigenvalue weighted by molar-refractivity contribution is 0.396. The fourth-order valence-corrected chi connectivity index (χ4v) is 1.22. The quantitative estimate of drug-likeness (QED) is 0.744. The monoisotopic (exact) mass is 230 g/mol. The fraction of sp³-hybridized carbons (Fsp3) is 0.500. The van der Waals surface area contributed by atoms with Gasteiger partial charge < -0.3 is 4.74 Å². The third kappa shape index (κ3) is 2.77. The standard InChI is InChI=1S/C8H11BrN2O/c1-6(9)3-7-4-8(12-2)11-5-10-7/h4-6H,3H2,1-2H3. The molecular weight excluding hydrogens is 220 g/mol. The summed E-state index contributed by atoms with van der Waals surface area (Å²) in [5.74, 6) is 0.619. The van der Waals surface area contributed by atoms with Crippen molar-refractivity contribution < 1.29 is 4.74 Å². The first-order valence-electron chi connectivity index (χ1n) is 3.71. The summed E-state index contributed by atoms with van der Waals surface area (Å²) in [5, 5.41) is 0. The second-order valence-electron chi connectivity index (χ2n) is 2.54. The van der Waals surface area contributed by atoms with E-state index in [9.17, 15) is 0 Å². The van der Waals surface area contributed by atoms with Crippen LogP contribution in [0, 0.1) is 0 Å². The number of methoxy groups -OCH3 is 1. The molecule has 0 saturated carbocycles. The number of alkyl halides is 1. The van der Waals surface area contributed by atoms with Crippen LogP contribution < -0.4 is 4.74 Å². The van der Waals surface area contributed by atoms with Crippen LogP contribution in [0.2, 0.25) is 0 Å². The molecule has 1 aromatic heterocycles. The van der Waals surface area contributed by atoms with E-state index in [-0.39, 0.29) is 0 Å². The van der Waals surface area contributed by atoms with E-state index in [2.05, 4.69) is 32.8 Å². The maximum atomic E-state index is 4.97. The van der Waals surface area contributed by atoms with Gasteiger partial charge in [0.1, 0.15) is 6.33 Å². The predicted molar refractivity (Wildman–Crippen MR) is 50.7 cm³/mol. The molecule has 0 aliphatic heterocycles. The summed E-state index contributed by atoms with van der Waals surface area (Å²) in [6, 6.07) is 1.84. The van der Waals surface area contributed by atoms with E-state index in [1.807, 2.05) is 6.07 Å². The molecule has 0 aliphatic carbocycles. The minimum atomic E-state index is 0.428. The Morgan fingerprint density at radius 2 is 2.33 bits per heavy atom. The average molecular weight is 231 g/mol. The van der Waals surface area contributed by atoms with Gasteiger partial charge in [0.05, 0.1) is 7.11 Å². The van der Waals surface area contributed by atoms with E-state index >= 15 is 0 Å². The Morgan fingerprint density at radius 1 is 1.58 bits per heavy atom. The maximum Gasteiger partial charge on any atom is 0.216 e. The number of nitrogens with zero attached hydrogens (tertiary/aromatic N) is 2. The zero-order chi connectivity index (χ0) is 8.97. The Bertz CT molecular complexity index is 253. The molecule has 0 radical (unpaired) electrons. The summed E-state index contributed by atoms with van der Waals surface area (Å²) in [6.45, 7) is 2.08. The smallest absolute Gasteiger partial charge is 0.216 e. The average Bonchev–Trinajstić information content (AvgIpc) is 2.03. The summed E-state index contributed by atoms with van der Waals surface area (Å²) >= 11 is 3.46. The molecular formula is C8H11BrN2O. The molecule has 0 spiro atoms. The van der Waals surface area contributed by atoms with E-state index < -0.39 is 0 Å². The van der Waals surface area contributed by atoms with Gasteiger partial charge in [-0.3, -0.25) is 0 Å². The van der Waals surface area contributed by atoms with Crippen LogP contribution in [0.4, 0.5) is 0 Å². The Balaban J connectivity index is 2.72. The number of hydrogen-bond acceptors (Lipinski definition) is 3. The number of halogens is 1. The highest BCUT2D eigenvalue weighted by Gasteiger charge is 2.01. The zero-order valence-corrected chi connectivity index (χ0v) is 8.71. The van der Waals surface area contributed by atoms with Gasteiger partial charge in [-0.15, -0.1) is 0 Å². The number of aromatic nitrogens is 2. The summed E-state index contributed by atoms with van der Waals surface area (Å²) < 4.78 is 4.97. The zero-order valence-electron chi connectivity index (χ0n) is 7.12.